The summed E-state index contributed by atoms with van der Waals surface area (Å²) in [6.45, 7) is 2.30. The van der Waals surface area contributed by atoms with Gasteiger partial charge < -0.3 is 5.11 Å². The summed E-state index contributed by atoms with van der Waals surface area (Å²) in [5.41, 5.74) is 0. The molecule has 0 bridgehead atoms. The predicted octanol–water partition coefficient (Wildman–Crippen LogP) is 1.91. The van der Waals surface area contributed by atoms with Crippen LogP contribution in [-0.2, 0) is 0 Å². The Bertz CT molecular complexity index is 173. The van der Waals surface area contributed by atoms with Crippen molar-refractivity contribution < 1.29 is 5.11 Å². The van der Waals surface area contributed by atoms with Crippen molar-refractivity contribution in [2.75, 3.05) is 6.61 Å². The molecule has 60 valence electrons. The van der Waals surface area contributed by atoms with Crippen molar-refractivity contribution in [1.82, 2.24) is 0 Å². The second kappa shape index (κ2) is 4.14. The number of allylic oxidation sites excluding steroid dienone is 6. The summed E-state index contributed by atoms with van der Waals surface area (Å²) in [4.78, 5) is 0. The monoisotopic (exact) mass is 150 g/mol. The van der Waals surface area contributed by atoms with Crippen molar-refractivity contribution in [2.24, 2.45) is 11.8 Å². The van der Waals surface area contributed by atoms with Crippen LogP contribution in [0.15, 0.2) is 36.5 Å². The molecule has 0 aliphatic heterocycles. The van der Waals surface area contributed by atoms with Gasteiger partial charge in [-0.25, -0.2) is 0 Å². The Morgan fingerprint density at radius 3 is 2.18 bits per heavy atom. The van der Waals surface area contributed by atoms with E-state index in [9.17, 15) is 0 Å². The molecular formula is C10H14O. The Balaban J connectivity index is 2.59. The molecule has 0 aromatic heterocycles. The highest BCUT2D eigenvalue weighted by molar-refractivity contribution is 5.19. The molecule has 11 heavy (non-hydrogen) atoms. The van der Waals surface area contributed by atoms with Crippen LogP contribution in [0.1, 0.15) is 6.92 Å². The largest absolute Gasteiger partial charge is 0.396 e. The average Bonchev–Trinajstić information content (AvgIpc) is 2.30. The maximum atomic E-state index is 8.89. The quantitative estimate of drug-likeness (QED) is 0.637. The van der Waals surface area contributed by atoms with E-state index >= 15 is 0 Å². The zero-order valence-corrected chi connectivity index (χ0v) is 6.77. The fourth-order valence-electron chi connectivity index (χ4n) is 1.08. The van der Waals surface area contributed by atoms with E-state index in [4.69, 9.17) is 5.11 Å². The van der Waals surface area contributed by atoms with Crippen LogP contribution in [0, 0.1) is 11.8 Å². The Hall–Kier alpha value is -0.820. The second-order valence-electron chi connectivity index (χ2n) is 2.89. The van der Waals surface area contributed by atoms with Gasteiger partial charge in [0.05, 0.1) is 0 Å². The summed E-state index contributed by atoms with van der Waals surface area (Å²) < 4.78 is 0. The minimum absolute atomic E-state index is 0.249. The van der Waals surface area contributed by atoms with Crippen LogP contribution >= 0.6 is 0 Å². The van der Waals surface area contributed by atoms with E-state index in [-0.39, 0.29) is 6.61 Å². The summed E-state index contributed by atoms with van der Waals surface area (Å²) in [5, 5.41) is 8.89. The molecule has 0 aromatic rings. The van der Waals surface area contributed by atoms with Crippen LogP contribution in [0.5, 0.6) is 0 Å². The van der Waals surface area contributed by atoms with Gasteiger partial charge in [0.1, 0.15) is 0 Å². The first-order valence-corrected chi connectivity index (χ1v) is 3.97. The molecule has 0 heterocycles. The van der Waals surface area contributed by atoms with Crippen LogP contribution < -0.4 is 0 Å². The van der Waals surface area contributed by atoms with Crippen molar-refractivity contribution in [3.63, 3.8) is 0 Å². The molecule has 0 aromatic carbocycles. The van der Waals surface area contributed by atoms with Crippen molar-refractivity contribution >= 4 is 0 Å². The molecule has 0 spiro atoms. The summed E-state index contributed by atoms with van der Waals surface area (Å²) in [6, 6.07) is 0. The molecule has 1 nitrogen and oxygen atoms in total. The van der Waals surface area contributed by atoms with Gasteiger partial charge in [-0.2, -0.15) is 0 Å². The van der Waals surface area contributed by atoms with Crippen molar-refractivity contribution in [3.8, 4) is 0 Å². The molecule has 1 unspecified atom stereocenters. The van der Waals surface area contributed by atoms with E-state index in [1.165, 1.54) is 0 Å². The van der Waals surface area contributed by atoms with Gasteiger partial charge in [0, 0.05) is 12.5 Å². The highest BCUT2D eigenvalue weighted by Crippen LogP contribution is 2.15. The molecule has 0 saturated carbocycles. The number of hydrogen-bond acceptors (Lipinski definition) is 1. The molecule has 1 atom stereocenters. The van der Waals surface area contributed by atoms with Crippen molar-refractivity contribution in [2.45, 2.75) is 6.92 Å². The SMILES string of the molecule is CC(CO)C1C=CC=CC=C1. The number of aliphatic hydroxyl groups excluding tert-OH is 1. The molecule has 0 amide bonds. The van der Waals surface area contributed by atoms with Gasteiger partial charge in [-0.15, -0.1) is 0 Å². The van der Waals surface area contributed by atoms with E-state index in [1.54, 1.807) is 0 Å². The first kappa shape index (κ1) is 8.28. The fraction of sp³-hybridized carbons (Fsp3) is 0.400. The molecular weight excluding hydrogens is 136 g/mol. The van der Waals surface area contributed by atoms with Gasteiger partial charge in [-0.3, -0.25) is 0 Å². The lowest BCUT2D eigenvalue weighted by Gasteiger charge is -2.13. The minimum atomic E-state index is 0.249. The molecule has 1 aliphatic rings. The molecule has 0 saturated heterocycles. The Morgan fingerprint density at radius 1 is 1.18 bits per heavy atom. The Morgan fingerprint density at radius 2 is 1.73 bits per heavy atom. The van der Waals surface area contributed by atoms with Crippen LogP contribution in [0.4, 0.5) is 0 Å². The van der Waals surface area contributed by atoms with E-state index in [0.717, 1.165) is 0 Å². The maximum absolute atomic E-state index is 8.89. The normalized spacial score (nSPS) is 20.2. The standard InChI is InChI=1S/C10H14O/c1-9(8-11)10-6-4-2-3-5-7-10/h2-7,9-11H,8H2,1H3. The van der Waals surface area contributed by atoms with E-state index in [1.807, 2.05) is 31.2 Å². The van der Waals surface area contributed by atoms with Gasteiger partial charge in [0.2, 0.25) is 0 Å². The minimum Gasteiger partial charge on any atom is -0.396 e. The lowest BCUT2D eigenvalue weighted by atomic mass is 9.94. The smallest absolute Gasteiger partial charge is 0.0465 e. The van der Waals surface area contributed by atoms with Gasteiger partial charge >= 0.3 is 0 Å². The third kappa shape index (κ3) is 2.35. The van der Waals surface area contributed by atoms with Gasteiger partial charge in [0.15, 0.2) is 0 Å². The summed E-state index contributed by atoms with van der Waals surface area (Å²) in [6.07, 6.45) is 12.3. The van der Waals surface area contributed by atoms with Gasteiger partial charge in [-0.1, -0.05) is 43.4 Å². The molecule has 0 radical (unpaired) electrons. The number of aliphatic hydroxyl groups is 1. The van der Waals surface area contributed by atoms with Crippen LogP contribution in [-0.4, -0.2) is 11.7 Å². The second-order valence-corrected chi connectivity index (χ2v) is 2.89. The number of hydrogen-bond donors (Lipinski definition) is 1. The zero-order valence-electron chi connectivity index (χ0n) is 6.77. The van der Waals surface area contributed by atoms with Crippen LogP contribution in [0.3, 0.4) is 0 Å². The molecule has 1 rings (SSSR count). The highest BCUT2D eigenvalue weighted by Gasteiger charge is 2.09. The third-order valence-electron chi connectivity index (χ3n) is 1.95. The lowest BCUT2D eigenvalue weighted by molar-refractivity contribution is 0.220. The first-order chi connectivity index (χ1) is 5.34. The summed E-state index contributed by atoms with van der Waals surface area (Å²) >= 11 is 0. The number of rotatable bonds is 2. The Kier molecular flexibility index (Phi) is 3.12. The van der Waals surface area contributed by atoms with E-state index < -0.39 is 0 Å². The summed E-state index contributed by atoms with van der Waals surface area (Å²) in [7, 11) is 0. The van der Waals surface area contributed by atoms with Gasteiger partial charge in [0.25, 0.3) is 0 Å². The third-order valence-corrected chi connectivity index (χ3v) is 1.95. The summed E-state index contributed by atoms with van der Waals surface area (Å²) in [5.74, 6) is 0.706. The van der Waals surface area contributed by atoms with Crippen molar-refractivity contribution in [3.05, 3.63) is 36.5 Å². The maximum Gasteiger partial charge on any atom is 0.0465 e. The molecule has 1 N–H and O–H groups in total. The molecule has 1 aliphatic carbocycles. The van der Waals surface area contributed by atoms with Gasteiger partial charge in [-0.05, 0) is 5.92 Å². The lowest BCUT2D eigenvalue weighted by Crippen LogP contribution is -2.10. The van der Waals surface area contributed by atoms with Crippen molar-refractivity contribution in [1.29, 1.82) is 0 Å². The highest BCUT2D eigenvalue weighted by atomic mass is 16.3. The average molecular weight is 150 g/mol. The zero-order chi connectivity index (χ0) is 8.10. The Labute approximate surface area is 67.7 Å². The van der Waals surface area contributed by atoms with E-state index in [2.05, 4.69) is 12.2 Å². The van der Waals surface area contributed by atoms with Crippen LogP contribution in [0.2, 0.25) is 0 Å². The fourth-order valence-corrected chi connectivity index (χ4v) is 1.08. The van der Waals surface area contributed by atoms with E-state index in [0.29, 0.717) is 11.8 Å². The molecule has 1 heteroatoms. The molecule has 0 fully saturated rings. The van der Waals surface area contributed by atoms with Crippen LogP contribution in [0.25, 0.3) is 0 Å². The topological polar surface area (TPSA) is 20.2 Å². The predicted molar refractivity (Wildman–Crippen MR) is 47.2 cm³/mol. The first-order valence-electron chi connectivity index (χ1n) is 3.97.